The molecule has 1 fully saturated rings. The van der Waals surface area contributed by atoms with Crippen molar-refractivity contribution in [3.63, 3.8) is 0 Å². The first-order chi connectivity index (χ1) is 13.6. The highest BCUT2D eigenvalue weighted by molar-refractivity contribution is 7.89. The molecule has 1 aliphatic rings. The van der Waals surface area contributed by atoms with Gasteiger partial charge in [-0.25, -0.2) is 8.42 Å². The van der Waals surface area contributed by atoms with Gasteiger partial charge in [-0.15, -0.1) is 0 Å². The van der Waals surface area contributed by atoms with Crippen molar-refractivity contribution in [2.24, 2.45) is 5.92 Å². The fraction of sp³-hybridized carbons (Fsp3) is 0.600. The van der Waals surface area contributed by atoms with Crippen LogP contribution in [0.5, 0.6) is 0 Å². The van der Waals surface area contributed by atoms with Gasteiger partial charge in [-0.05, 0) is 38.3 Å². The van der Waals surface area contributed by atoms with E-state index in [9.17, 15) is 18.0 Å². The van der Waals surface area contributed by atoms with E-state index in [0.717, 1.165) is 5.56 Å². The Morgan fingerprint density at radius 1 is 1.14 bits per heavy atom. The number of carbonyl (C=O) groups is 2. The molecule has 0 aliphatic carbocycles. The van der Waals surface area contributed by atoms with Crippen LogP contribution >= 0.6 is 0 Å². The van der Waals surface area contributed by atoms with Crippen LogP contribution in [0.4, 0.5) is 0 Å². The maximum Gasteiger partial charge on any atom is 0.324 e. The van der Waals surface area contributed by atoms with Gasteiger partial charge in [0.2, 0.25) is 10.0 Å². The number of ether oxygens (including phenoxy) is 2. The fourth-order valence-electron chi connectivity index (χ4n) is 2.98. The smallest absolute Gasteiger partial charge is 0.324 e. The lowest BCUT2D eigenvalue weighted by molar-refractivity contribution is -0.162. The van der Waals surface area contributed by atoms with Crippen LogP contribution in [0.2, 0.25) is 0 Å². The molecule has 1 saturated heterocycles. The molecule has 1 heterocycles. The van der Waals surface area contributed by atoms with E-state index in [4.69, 9.17) is 9.47 Å². The summed E-state index contributed by atoms with van der Waals surface area (Å²) in [4.78, 5) is 26.8. The lowest BCUT2D eigenvalue weighted by Crippen LogP contribution is -2.48. The summed E-state index contributed by atoms with van der Waals surface area (Å²) in [6, 6.07) is 5.27. The summed E-state index contributed by atoms with van der Waals surface area (Å²) >= 11 is 0. The standard InChI is InChI=1S/C20H30N2O6S/c1-14(2)13-18(21-29(25,26)17-7-5-15(3)6-8-17)20(24)28-16(4)19(23)22-9-11-27-12-10-22/h5-8,14,16,18,21H,9-13H2,1-4H3/t16-,18+/m0/s1. The number of carbonyl (C=O) groups excluding carboxylic acids is 2. The quantitative estimate of drug-likeness (QED) is 0.632. The number of rotatable bonds is 8. The predicted octanol–water partition coefficient (Wildman–Crippen LogP) is 1.48. The maximum absolute atomic E-state index is 12.7. The van der Waals surface area contributed by atoms with Crippen molar-refractivity contribution in [1.29, 1.82) is 0 Å². The predicted molar refractivity (Wildman–Crippen MR) is 108 cm³/mol. The Hall–Kier alpha value is -1.97. The molecule has 0 spiro atoms. The lowest BCUT2D eigenvalue weighted by Gasteiger charge is -2.29. The van der Waals surface area contributed by atoms with Crippen LogP contribution in [0, 0.1) is 12.8 Å². The second-order valence-corrected chi connectivity index (χ2v) is 9.35. The summed E-state index contributed by atoms with van der Waals surface area (Å²) in [6.45, 7) is 8.88. The van der Waals surface area contributed by atoms with Crippen molar-refractivity contribution in [3.8, 4) is 0 Å². The zero-order chi connectivity index (χ0) is 21.6. The van der Waals surface area contributed by atoms with Gasteiger partial charge in [0.1, 0.15) is 6.04 Å². The van der Waals surface area contributed by atoms with E-state index in [-0.39, 0.29) is 23.1 Å². The average Bonchev–Trinajstić information content (AvgIpc) is 2.67. The van der Waals surface area contributed by atoms with Crippen LogP contribution in [0.15, 0.2) is 29.2 Å². The number of morpholine rings is 1. The molecule has 2 atom stereocenters. The maximum atomic E-state index is 12.7. The van der Waals surface area contributed by atoms with Crippen molar-refractivity contribution in [3.05, 3.63) is 29.8 Å². The topological polar surface area (TPSA) is 102 Å². The van der Waals surface area contributed by atoms with Crippen LogP contribution in [0.25, 0.3) is 0 Å². The van der Waals surface area contributed by atoms with Gasteiger partial charge in [-0.2, -0.15) is 4.72 Å². The summed E-state index contributed by atoms with van der Waals surface area (Å²) in [5.74, 6) is -1.03. The first-order valence-electron chi connectivity index (χ1n) is 9.76. The van der Waals surface area contributed by atoms with E-state index in [2.05, 4.69) is 4.72 Å². The van der Waals surface area contributed by atoms with Gasteiger partial charge < -0.3 is 14.4 Å². The molecule has 29 heavy (non-hydrogen) atoms. The van der Waals surface area contributed by atoms with E-state index in [1.54, 1.807) is 17.0 Å². The molecule has 1 N–H and O–H groups in total. The summed E-state index contributed by atoms with van der Waals surface area (Å²) in [5, 5.41) is 0. The second-order valence-electron chi connectivity index (χ2n) is 7.63. The third-order valence-corrected chi connectivity index (χ3v) is 6.07. The van der Waals surface area contributed by atoms with E-state index in [0.29, 0.717) is 26.3 Å². The molecule has 2 rings (SSSR count). The first-order valence-corrected chi connectivity index (χ1v) is 11.2. The zero-order valence-electron chi connectivity index (χ0n) is 17.4. The molecule has 0 unspecified atom stereocenters. The highest BCUT2D eigenvalue weighted by Crippen LogP contribution is 2.15. The molecule has 0 saturated carbocycles. The molecule has 1 aromatic rings. The Morgan fingerprint density at radius 3 is 2.28 bits per heavy atom. The van der Waals surface area contributed by atoms with E-state index in [1.807, 2.05) is 20.8 Å². The van der Waals surface area contributed by atoms with Crippen LogP contribution < -0.4 is 4.72 Å². The Balaban J connectivity index is 2.08. The van der Waals surface area contributed by atoms with Gasteiger partial charge in [0.25, 0.3) is 5.91 Å². The van der Waals surface area contributed by atoms with Crippen molar-refractivity contribution in [1.82, 2.24) is 9.62 Å². The highest BCUT2D eigenvalue weighted by atomic mass is 32.2. The van der Waals surface area contributed by atoms with E-state index in [1.165, 1.54) is 19.1 Å². The molecule has 1 aromatic carbocycles. The van der Waals surface area contributed by atoms with Gasteiger partial charge >= 0.3 is 5.97 Å². The zero-order valence-corrected chi connectivity index (χ0v) is 18.2. The molecule has 0 bridgehead atoms. The number of sulfonamides is 1. The van der Waals surface area contributed by atoms with Crippen molar-refractivity contribution in [2.75, 3.05) is 26.3 Å². The number of nitrogens with zero attached hydrogens (tertiary/aromatic N) is 1. The lowest BCUT2D eigenvalue weighted by atomic mass is 10.0. The second kappa shape index (κ2) is 10.2. The van der Waals surface area contributed by atoms with E-state index < -0.39 is 28.1 Å². The van der Waals surface area contributed by atoms with Gasteiger partial charge in [-0.1, -0.05) is 31.5 Å². The first kappa shape index (κ1) is 23.3. The van der Waals surface area contributed by atoms with E-state index >= 15 is 0 Å². The molecule has 8 nitrogen and oxygen atoms in total. The van der Waals surface area contributed by atoms with Crippen LogP contribution in [-0.4, -0.2) is 63.6 Å². The molecule has 1 amide bonds. The third kappa shape index (κ3) is 6.80. The molecule has 1 aliphatic heterocycles. The minimum Gasteiger partial charge on any atom is -0.451 e. The Labute approximate surface area is 172 Å². The number of benzene rings is 1. The number of esters is 1. The fourth-order valence-corrected chi connectivity index (χ4v) is 4.18. The number of nitrogens with one attached hydrogen (secondary N) is 1. The van der Waals surface area contributed by atoms with Gasteiger partial charge in [0.05, 0.1) is 18.1 Å². The van der Waals surface area contributed by atoms with Gasteiger partial charge in [0.15, 0.2) is 6.10 Å². The van der Waals surface area contributed by atoms with Crippen molar-refractivity contribution in [2.45, 2.75) is 51.2 Å². The number of hydrogen-bond donors (Lipinski definition) is 1. The Morgan fingerprint density at radius 2 is 1.72 bits per heavy atom. The summed E-state index contributed by atoms with van der Waals surface area (Å²) in [6.07, 6.45) is -0.748. The number of aryl methyl sites for hydroxylation is 1. The minimum atomic E-state index is -3.91. The summed E-state index contributed by atoms with van der Waals surface area (Å²) in [7, 11) is -3.91. The molecular formula is C20H30N2O6S. The van der Waals surface area contributed by atoms with Crippen LogP contribution in [0.3, 0.4) is 0 Å². The summed E-state index contributed by atoms with van der Waals surface area (Å²) in [5.41, 5.74) is 0.928. The van der Waals surface area contributed by atoms with Crippen LogP contribution in [-0.2, 0) is 29.1 Å². The monoisotopic (exact) mass is 426 g/mol. The SMILES string of the molecule is Cc1ccc(S(=O)(=O)N[C@H](CC(C)C)C(=O)O[C@@H](C)C(=O)N2CCOCC2)cc1. The summed E-state index contributed by atoms with van der Waals surface area (Å²) < 4.78 is 38.4. The highest BCUT2D eigenvalue weighted by Gasteiger charge is 2.31. The van der Waals surface area contributed by atoms with Crippen molar-refractivity contribution < 1.29 is 27.5 Å². The molecule has 0 radical (unpaired) electrons. The molecule has 162 valence electrons. The Bertz CT molecular complexity index is 801. The van der Waals surface area contributed by atoms with Gasteiger partial charge in [-0.3, -0.25) is 9.59 Å². The van der Waals surface area contributed by atoms with Crippen molar-refractivity contribution >= 4 is 21.9 Å². The van der Waals surface area contributed by atoms with Gasteiger partial charge in [0, 0.05) is 13.1 Å². The molecular weight excluding hydrogens is 396 g/mol. The number of hydrogen-bond acceptors (Lipinski definition) is 6. The average molecular weight is 427 g/mol. The molecule has 9 heteroatoms. The Kier molecular flexibility index (Phi) is 8.18. The minimum absolute atomic E-state index is 0.0403. The van der Waals surface area contributed by atoms with Crippen LogP contribution in [0.1, 0.15) is 32.8 Å². The normalized spacial score (nSPS) is 17.1. The number of amides is 1. The molecule has 0 aromatic heterocycles. The largest absolute Gasteiger partial charge is 0.451 e. The third-order valence-electron chi connectivity index (χ3n) is 4.58.